The molecule has 0 radical (unpaired) electrons. The lowest BCUT2D eigenvalue weighted by atomic mass is 9.88. The zero-order valence-corrected chi connectivity index (χ0v) is 10.8. The van der Waals surface area contributed by atoms with Crippen LogP contribution in [0.5, 0.6) is 0 Å². The lowest BCUT2D eigenvalue weighted by Gasteiger charge is -2.20. The molecule has 0 aromatic heterocycles. The van der Waals surface area contributed by atoms with Gasteiger partial charge in [0.1, 0.15) is 0 Å². The molecule has 0 unspecified atom stereocenters. The molecule has 2 heteroatoms. The molecule has 0 atom stereocenters. The molecule has 0 nitrogen and oxygen atoms in total. The van der Waals surface area contributed by atoms with E-state index in [-0.39, 0.29) is 0 Å². The Bertz CT molecular complexity index is 276. The maximum atomic E-state index is 6.00. The molecule has 1 aromatic carbocycles. The molecular formula is C11H15ClMg. The van der Waals surface area contributed by atoms with Crippen LogP contribution < -0.4 is 3.69 Å². The molecule has 68 valence electrons. The van der Waals surface area contributed by atoms with Crippen molar-refractivity contribution in [3.63, 3.8) is 0 Å². The normalized spacial score (nSPS) is 11.1. The smallest absolute Gasteiger partial charge is 0.336 e. The van der Waals surface area contributed by atoms with Crippen LogP contribution >= 0.6 is 9.07 Å². The quantitative estimate of drug-likeness (QED) is 0.654. The summed E-state index contributed by atoms with van der Waals surface area (Å²) in [6, 6.07) is 8.55. The van der Waals surface area contributed by atoms with E-state index >= 15 is 0 Å². The molecule has 0 aliphatic carbocycles. The van der Waals surface area contributed by atoms with Crippen LogP contribution in [0.25, 0.3) is 0 Å². The summed E-state index contributed by atoms with van der Waals surface area (Å²) in [7, 11) is 6.00. The van der Waals surface area contributed by atoms with Crippen molar-refractivity contribution in [2.45, 2.75) is 27.2 Å². The summed E-state index contributed by atoms with van der Waals surface area (Å²) >= 11 is -0.534. The molecule has 0 fully saturated rings. The predicted octanol–water partition coefficient (Wildman–Crippen LogP) is 2.76. The third-order valence-corrected chi connectivity index (χ3v) is 3.82. The highest BCUT2D eigenvalue weighted by Crippen LogP contribution is 2.19. The van der Waals surface area contributed by atoms with E-state index < -0.39 is 19.3 Å². The monoisotopic (exact) mass is 206 g/mol. The molecular weight excluding hydrogens is 192 g/mol. The fourth-order valence-electron chi connectivity index (χ4n) is 1.43. The zero-order valence-electron chi connectivity index (χ0n) is 8.60. The summed E-state index contributed by atoms with van der Waals surface area (Å²) in [5.74, 6) is 0. The summed E-state index contributed by atoms with van der Waals surface area (Å²) in [5, 5.41) is 0. The van der Waals surface area contributed by atoms with E-state index in [0.29, 0.717) is 5.41 Å². The van der Waals surface area contributed by atoms with Crippen molar-refractivity contribution >= 4 is 32.0 Å². The minimum absolute atomic E-state index is 0.358. The molecule has 1 aromatic rings. The number of rotatable bonds is 2. The Morgan fingerprint density at radius 3 is 2.38 bits per heavy atom. The van der Waals surface area contributed by atoms with Crippen LogP contribution in [-0.2, 0) is 6.42 Å². The van der Waals surface area contributed by atoms with Crippen molar-refractivity contribution in [3.05, 3.63) is 29.8 Å². The molecule has 0 spiro atoms. The van der Waals surface area contributed by atoms with Gasteiger partial charge in [-0.2, -0.15) is 0 Å². The fraction of sp³-hybridized carbons (Fsp3) is 0.455. The second kappa shape index (κ2) is 4.67. The van der Waals surface area contributed by atoms with Crippen LogP contribution in [0.2, 0.25) is 0 Å². The van der Waals surface area contributed by atoms with E-state index in [2.05, 4.69) is 45.0 Å². The average Bonchev–Trinajstić information content (AvgIpc) is 2.02. The molecule has 0 aliphatic rings. The van der Waals surface area contributed by atoms with E-state index in [4.69, 9.17) is 9.07 Å². The highest BCUT2D eigenvalue weighted by atomic mass is 35.5. The molecule has 0 amide bonds. The van der Waals surface area contributed by atoms with Gasteiger partial charge in [0.25, 0.3) is 0 Å². The summed E-state index contributed by atoms with van der Waals surface area (Å²) < 4.78 is 1.40. The average molecular weight is 207 g/mol. The third-order valence-electron chi connectivity index (χ3n) is 1.98. The Kier molecular flexibility index (Phi) is 4.08. The van der Waals surface area contributed by atoms with E-state index in [1.807, 2.05) is 0 Å². The SMILES string of the molecule is CC(C)(C)Cc1cccc[c]1[Mg][Cl]. The van der Waals surface area contributed by atoms with Crippen LogP contribution in [-0.4, -0.2) is 19.3 Å². The number of halogens is 1. The number of hydrogen-bond acceptors (Lipinski definition) is 0. The van der Waals surface area contributed by atoms with Crippen molar-refractivity contribution in [1.29, 1.82) is 0 Å². The molecule has 0 heterocycles. The van der Waals surface area contributed by atoms with Gasteiger partial charge in [-0.1, -0.05) is 50.6 Å². The fourth-order valence-corrected chi connectivity index (χ4v) is 2.85. The lowest BCUT2D eigenvalue weighted by Crippen LogP contribution is -2.20. The van der Waals surface area contributed by atoms with E-state index in [9.17, 15) is 0 Å². The molecule has 0 aliphatic heterocycles. The first-order chi connectivity index (χ1) is 6.03. The van der Waals surface area contributed by atoms with Crippen LogP contribution in [0.3, 0.4) is 0 Å². The van der Waals surface area contributed by atoms with Gasteiger partial charge in [0, 0.05) is 0 Å². The summed E-state index contributed by atoms with van der Waals surface area (Å²) in [6.07, 6.45) is 1.13. The van der Waals surface area contributed by atoms with Gasteiger partial charge in [-0.25, -0.2) is 0 Å². The number of benzene rings is 1. The minimum Gasteiger partial charge on any atom is -0.336 e. The Hall–Kier alpha value is 0.276. The molecule has 13 heavy (non-hydrogen) atoms. The maximum absolute atomic E-state index is 6.00. The highest BCUT2D eigenvalue weighted by molar-refractivity contribution is 7.01. The molecule has 1 rings (SSSR count). The van der Waals surface area contributed by atoms with E-state index in [1.165, 1.54) is 9.26 Å². The van der Waals surface area contributed by atoms with Crippen LogP contribution in [0, 0.1) is 5.41 Å². The van der Waals surface area contributed by atoms with Gasteiger partial charge in [0.15, 0.2) is 0 Å². The Labute approximate surface area is 94.2 Å². The van der Waals surface area contributed by atoms with Crippen molar-refractivity contribution in [2.24, 2.45) is 5.41 Å². The highest BCUT2D eigenvalue weighted by Gasteiger charge is 2.13. The zero-order chi connectivity index (χ0) is 9.90. The van der Waals surface area contributed by atoms with E-state index in [1.54, 1.807) is 0 Å². The van der Waals surface area contributed by atoms with Gasteiger partial charge < -0.3 is 9.07 Å². The minimum atomic E-state index is -0.534. The molecule has 0 N–H and O–H groups in total. The predicted molar refractivity (Wildman–Crippen MR) is 60.8 cm³/mol. The molecule has 0 bridgehead atoms. The van der Waals surface area contributed by atoms with Crippen molar-refractivity contribution < 1.29 is 0 Å². The van der Waals surface area contributed by atoms with Crippen LogP contribution in [0.4, 0.5) is 0 Å². The first kappa shape index (κ1) is 11.4. The topological polar surface area (TPSA) is 0 Å². The van der Waals surface area contributed by atoms with Crippen LogP contribution in [0.15, 0.2) is 24.3 Å². The van der Waals surface area contributed by atoms with Gasteiger partial charge in [-0.3, -0.25) is 0 Å². The third kappa shape index (κ3) is 3.88. The van der Waals surface area contributed by atoms with Crippen LogP contribution in [0.1, 0.15) is 26.3 Å². The second-order valence-corrected chi connectivity index (χ2v) is 6.47. The van der Waals surface area contributed by atoms with E-state index in [0.717, 1.165) is 6.42 Å². The Balaban J connectivity index is 2.87. The van der Waals surface area contributed by atoms with Gasteiger partial charge >= 0.3 is 19.3 Å². The maximum Gasteiger partial charge on any atom is 0.538 e. The molecule has 0 saturated heterocycles. The summed E-state index contributed by atoms with van der Waals surface area (Å²) in [4.78, 5) is 0. The Morgan fingerprint density at radius 1 is 1.23 bits per heavy atom. The standard InChI is InChI=1S/C11H15.ClH.Mg/c1-11(2,3)9-10-7-5-4-6-8-10;;/h4-7H,9H2,1-3H3;1H;/q;;+1/p-1. The van der Waals surface area contributed by atoms with Gasteiger partial charge in [-0.05, 0) is 11.8 Å². The number of hydrogen-bond donors (Lipinski definition) is 0. The molecule has 0 saturated carbocycles. The Morgan fingerprint density at radius 2 is 1.85 bits per heavy atom. The lowest BCUT2D eigenvalue weighted by molar-refractivity contribution is 0.412. The van der Waals surface area contributed by atoms with Crippen molar-refractivity contribution in [2.75, 3.05) is 0 Å². The largest absolute Gasteiger partial charge is 0.538 e. The summed E-state index contributed by atoms with van der Waals surface area (Å²) in [6.45, 7) is 6.79. The van der Waals surface area contributed by atoms with Gasteiger partial charge in [0.05, 0.1) is 0 Å². The van der Waals surface area contributed by atoms with Gasteiger partial charge in [0.2, 0.25) is 0 Å². The van der Waals surface area contributed by atoms with Crippen molar-refractivity contribution in [3.8, 4) is 0 Å². The summed E-state index contributed by atoms with van der Waals surface area (Å²) in [5.41, 5.74) is 1.80. The van der Waals surface area contributed by atoms with Gasteiger partial charge in [-0.15, -0.1) is 3.69 Å². The first-order valence-electron chi connectivity index (χ1n) is 4.66. The van der Waals surface area contributed by atoms with Crippen molar-refractivity contribution in [1.82, 2.24) is 0 Å². The first-order valence-corrected chi connectivity index (χ1v) is 7.50. The second-order valence-electron chi connectivity index (χ2n) is 4.64.